The van der Waals surface area contributed by atoms with Gasteiger partial charge in [0.2, 0.25) is 0 Å². The number of para-hydroxylation sites is 3. The number of furan rings is 1. The van der Waals surface area contributed by atoms with Crippen LogP contribution in [0.15, 0.2) is 223 Å². The number of hydrogen-bond acceptors (Lipinski definition) is 2. The second-order valence-electron chi connectivity index (χ2n) is 16.6. The third-order valence-corrected chi connectivity index (χ3v) is 12.8. The van der Waals surface area contributed by atoms with Crippen LogP contribution in [0.25, 0.3) is 93.6 Å². The molecule has 0 radical (unpaired) electrons. The molecule has 0 amide bonds. The minimum absolute atomic E-state index is 0.905. The van der Waals surface area contributed by atoms with Crippen LogP contribution in [0.4, 0.5) is 17.1 Å². The summed E-state index contributed by atoms with van der Waals surface area (Å²) < 4.78 is 8.55. The lowest BCUT2D eigenvalue weighted by Crippen LogP contribution is -2.13. The Morgan fingerprint density at radius 1 is 0.365 bits per heavy atom. The second kappa shape index (κ2) is 14.8. The highest BCUT2D eigenvalue weighted by molar-refractivity contribution is 6.09. The van der Waals surface area contributed by atoms with E-state index in [1.165, 1.54) is 71.6 Å². The first-order chi connectivity index (χ1) is 31.1. The first-order valence-electron chi connectivity index (χ1n) is 21.7. The van der Waals surface area contributed by atoms with Crippen molar-refractivity contribution in [3.05, 3.63) is 230 Å². The van der Waals surface area contributed by atoms with E-state index in [1.54, 1.807) is 0 Å². The van der Waals surface area contributed by atoms with E-state index in [-0.39, 0.29) is 0 Å². The maximum Gasteiger partial charge on any atom is 0.135 e. The van der Waals surface area contributed by atoms with Gasteiger partial charge in [-0.05, 0) is 148 Å². The van der Waals surface area contributed by atoms with Crippen LogP contribution in [0.3, 0.4) is 0 Å². The fourth-order valence-corrected chi connectivity index (χ4v) is 9.88. The van der Waals surface area contributed by atoms with Crippen molar-refractivity contribution >= 4 is 71.6 Å². The molecule has 0 bridgehead atoms. The molecule has 0 aliphatic carbocycles. The smallest absolute Gasteiger partial charge is 0.135 e. The van der Waals surface area contributed by atoms with E-state index in [4.69, 9.17) is 4.42 Å². The SMILES string of the molecule is Cc1cc(-c2cccc(-n3c4ccccc4c4ccccc43)c2)cc(C)c1N(c1ccc(-c2ccc3oc4ccccc4c3c2)cc1)c1ccc(-c2cccc3ccccc23)cc1. The lowest BCUT2D eigenvalue weighted by molar-refractivity contribution is 0.669. The molecule has 0 N–H and O–H groups in total. The Morgan fingerprint density at radius 2 is 0.905 bits per heavy atom. The van der Waals surface area contributed by atoms with Gasteiger partial charge in [-0.25, -0.2) is 0 Å². The molecule has 2 heterocycles. The highest BCUT2D eigenvalue weighted by atomic mass is 16.3. The van der Waals surface area contributed by atoms with Gasteiger partial charge in [0.15, 0.2) is 0 Å². The number of hydrogen-bond donors (Lipinski definition) is 0. The lowest BCUT2D eigenvalue weighted by atomic mass is 9.96. The molecule has 0 spiro atoms. The zero-order valence-corrected chi connectivity index (χ0v) is 35.1. The van der Waals surface area contributed by atoms with Crippen LogP contribution in [0, 0.1) is 13.8 Å². The van der Waals surface area contributed by atoms with Gasteiger partial charge in [0.05, 0.1) is 16.7 Å². The zero-order chi connectivity index (χ0) is 42.0. The number of benzene rings is 10. The van der Waals surface area contributed by atoms with Gasteiger partial charge >= 0.3 is 0 Å². The van der Waals surface area contributed by atoms with Gasteiger partial charge in [-0.2, -0.15) is 0 Å². The highest BCUT2D eigenvalue weighted by Crippen LogP contribution is 2.43. The number of fused-ring (bicyclic) bond motifs is 7. The molecule has 10 aromatic carbocycles. The van der Waals surface area contributed by atoms with Crippen LogP contribution in [-0.2, 0) is 0 Å². The Kier molecular flexibility index (Phi) is 8.62. The maximum absolute atomic E-state index is 6.15. The third kappa shape index (κ3) is 6.20. The average molecular weight is 807 g/mol. The van der Waals surface area contributed by atoms with Gasteiger partial charge < -0.3 is 13.9 Å². The molecular formula is C60H42N2O. The molecule has 12 rings (SSSR count). The summed E-state index contributed by atoms with van der Waals surface area (Å²) >= 11 is 0. The summed E-state index contributed by atoms with van der Waals surface area (Å²) in [5.41, 5.74) is 18.3. The standard InChI is InChI=1S/C60H42N2O/c1-39-35-46(44-15-11-16-49(37-44)62-56-22-8-5-18-52(56)53-19-6-9-23-57(53)62)36-40(2)60(39)61(48-32-27-43(28-33-48)51-21-12-14-42-13-3-4-17-50(42)51)47-30-25-41(26-31-47)45-29-34-59-55(38-45)54-20-7-10-24-58(54)63-59/h3-38H,1-2H3. The average Bonchev–Trinajstić information content (AvgIpc) is 3.88. The quantitative estimate of drug-likeness (QED) is 0.160. The van der Waals surface area contributed by atoms with Crippen molar-refractivity contribution in [1.29, 1.82) is 0 Å². The van der Waals surface area contributed by atoms with E-state index in [0.29, 0.717) is 0 Å². The monoisotopic (exact) mass is 806 g/mol. The molecule has 0 atom stereocenters. The van der Waals surface area contributed by atoms with E-state index in [2.05, 4.69) is 230 Å². The topological polar surface area (TPSA) is 21.3 Å². The largest absolute Gasteiger partial charge is 0.456 e. The summed E-state index contributed by atoms with van der Waals surface area (Å²) in [6.45, 7) is 4.50. The van der Waals surface area contributed by atoms with Crippen LogP contribution >= 0.6 is 0 Å². The van der Waals surface area contributed by atoms with Gasteiger partial charge in [-0.3, -0.25) is 0 Å². The molecule has 3 nitrogen and oxygen atoms in total. The highest BCUT2D eigenvalue weighted by Gasteiger charge is 2.20. The van der Waals surface area contributed by atoms with Crippen molar-refractivity contribution in [3.8, 4) is 39.1 Å². The van der Waals surface area contributed by atoms with Crippen molar-refractivity contribution in [2.75, 3.05) is 4.90 Å². The molecule has 0 unspecified atom stereocenters. The predicted molar refractivity (Wildman–Crippen MR) is 266 cm³/mol. The van der Waals surface area contributed by atoms with Crippen LogP contribution in [-0.4, -0.2) is 4.57 Å². The predicted octanol–water partition coefficient (Wildman–Crippen LogP) is 16.9. The molecule has 298 valence electrons. The minimum Gasteiger partial charge on any atom is -0.456 e. The molecule has 12 aromatic rings. The van der Waals surface area contributed by atoms with Gasteiger partial charge in [0.1, 0.15) is 11.2 Å². The zero-order valence-electron chi connectivity index (χ0n) is 35.1. The maximum atomic E-state index is 6.15. The Balaban J connectivity index is 0.958. The van der Waals surface area contributed by atoms with Gasteiger partial charge in [-0.1, -0.05) is 140 Å². The van der Waals surface area contributed by atoms with E-state index in [9.17, 15) is 0 Å². The molecule has 0 saturated carbocycles. The van der Waals surface area contributed by atoms with Crippen LogP contribution in [0.5, 0.6) is 0 Å². The summed E-state index contributed by atoms with van der Waals surface area (Å²) in [4.78, 5) is 2.42. The van der Waals surface area contributed by atoms with Gasteiger partial charge in [0.25, 0.3) is 0 Å². The molecule has 0 saturated heterocycles. The Labute approximate surface area is 366 Å². The molecule has 0 fully saturated rings. The molecule has 63 heavy (non-hydrogen) atoms. The van der Waals surface area contributed by atoms with E-state index < -0.39 is 0 Å². The number of rotatable bonds is 7. The Bertz CT molecular complexity index is 3620. The van der Waals surface area contributed by atoms with E-state index >= 15 is 0 Å². The summed E-state index contributed by atoms with van der Waals surface area (Å²) in [7, 11) is 0. The Hall–Kier alpha value is -8.14. The number of nitrogens with zero attached hydrogens (tertiary/aromatic N) is 2. The molecular weight excluding hydrogens is 765 g/mol. The fraction of sp³-hybridized carbons (Fsp3) is 0.0333. The fourth-order valence-electron chi connectivity index (χ4n) is 9.88. The van der Waals surface area contributed by atoms with Crippen molar-refractivity contribution in [3.63, 3.8) is 0 Å². The molecule has 2 aromatic heterocycles. The lowest BCUT2D eigenvalue weighted by Gasteiger charge is -2.29. The van der Waals surface area contributed by atoms with Crippen LogP contribution in [0.1, 0.15) is 11.1 Å². The number of aryl methyl sites for hydroxylation is 2. The third-order valence-electron chi connectivity index (χ3n) is 12.8. The summed E-state index contributed by atoms with van der Waals surface area (Å²) in [6.07, 6.45) is 0. The number of anilines is 3. The van der Waals surface area contributed by atoms with E-state index in [1.807, 2.05) is 12.1 Å². The summed E-state index contributed by atoms with van der Waals surface area (Å²) in [5, 5.41) is 7.30. The van der Waals surface area contributed by atoms with E-state index in [0.717, 1.165) is 50.1 Å². The van der Waals surface area contributed by atoms with Crippen molar-refractivity contribution < 1.29 is 4.42 Å². The van der Waals surface area contributed by atoms with Gasteiger partial charge in [-0.15, -0.1) is 0 Å². The van der Waals surface area contributed by atoms with Crippen molar-refractivity contribution in [2.45, 2.75) is 13.8 Å². The molecule has 0 aliphatic rings. The van der Waals surface area contributed by atoms with Crippen LogP contribution < -0.4 is 4.90 Å². The first kappa shape index (κ1) is 36.7. The normalized spacial score (nSPS) is 11.7. The first-order valence-corrected chi connectivity index (χ1v) is 21.7. The van der Waals surface area contributed by atoms with Crippen LogP contribution in [0.2, 0.25) is 0 Å². The minimum atomic E-state index is 0.905. The van der Waals surface area contributed by atoms with Crippen molar-refractivity contribution in [1.82, 2.24) is 4.57 Å². The summed E-state index contributed by atoms with van der Waals surface area (Å²) in [6, 6.07) is 79.1. The Morgan fingerprint density at radius 3 is 1.62 bits per heavy atom. The molecule has 0 aliphatic heterocycles. The second-order valence-corrected chi connectivity index (χ2v) is 16.6. The van der Waals surface area contributed by atoms with Gasteiger partial charge in [0, 0.05) is 38.6 Å². The number of aromatic nitrogens is 1. The van der Waals surface area contributed by atoms with Crippen molar-refractivity contribution in [2.24, 2.45) is 0 Å². The summed E-state index contributed by atoms with van der Waals surface area (Å²) in [5.74, 6) is 0. The molecule has 3 heteroatoms.